The van der Waals surface area contributed by atoms with Gasteiger partial charge in [-0.2, -0.15) is 0 Å². The van der Waals surface area contributed by atoms with Crippen LogP contribution in [0.3, 0.4) is 0 Å². The molecule has 0 fully saturated rings. The van der Waals surface area contributed by atoms with Crippen molar-refractivity contribution in [1.82, 2.24) is 0 Å². The molecule has 2 nitrogen and oxygen atoms in total. The Labute approximate surface area is 165 Å². The number of benzene rings is 1. The van der Waals surface area contributed by atoms with E-state index in [1.165, 1.54) is 36.0 Å². The number of phenols is 1. The van der Waals surface area contributed by atoms with E-state index in [9.17, 15) is 5.11 Å². The van der Waals surface area contributed by atoms with Crippen molar-refractivity contribution in [1.29, 1.82) is 0 Å². The average Bonchev–Trinajstić information content (AvgIpc) is 2.59. The minimum absolute atomic E-state index is 0.215. The first-order valence-corrected chi connectivity index (χ1v) is 10.6. The lowest BCUT2D eigenvalue weighted by atomic mass is 9.68. The molecule has 2 atom stereocenters. The second-order valence-corrected chi connectivity index (χ2v) is 9.16. The van der Waals surface area contributed by atoms with Gasteiger partial charge < -0.3 is 9.84 Å². The number of phenolic OH excluding ortho intramolecular Hbond substituents is 1. The number of ether oxygens (including phenoxy) is 1. The normalized spacial score (nSPS) is 24.3. The zero-order chi connectivity index (χ0) is 19.8. The van der Waals surface area contributed by atoms with Crippen molar-refractivity contribution in [2.45, 2.75) is 91.6 Å². The molecule has 1 heterocycles. The molecular formula is C25H36O2. The van der Waals surface area contributed by atoms with E-state index in [-0.39, 0.29) is 11.5 Å². The maximum absolute atomic E-state index is 10.9. The van der Waals surface area contributed by atoms with Crippen LogP contribution in [0.4, 0.5) is 0 Å². The van der Waals surface area contributed by atoms with Gasteiger partial charge in [-0.25, -0.2) is 0 Å². The first kappa shape index (κ1) is 20.0. The van der Waals surface area contributed by atoms with Gasteiger partial charge in [0.05, 0.1) is 0 Å². The lowest BCUT2D eigenvalue weighted by molar-refractivity contribution is 0.0108. The Balaban J connectivity index is 2.01. The molecule has 0 radical (unpaired) electrons. The average molecular weight is 369 g/mol. The summed E-state index contributed by atoms with van der Waals surface area (Å²) in [6.45, 7) is 13.2. The van der Waals surface area contributed by atoms with Gasteiger partial charge in [0.1, 0.15) is 17.1 Å². The first-order valence-electron chi connectivity index (χ1n) is 10.6. The van der Waals surface area contributed by atoms with E-state index in [1.807, 2.05) is 6.07 Å². The van der Waals surface area contributed by atoms with Gasteiger partial charge in [-0.3, -0.25) is 0 Å². The van der Waals surface area contributed by atoms with Crippen molar-refractivity contribution < 1.29 is 9.84 Å². The number of allylic oxidation sites excluding steroid dienone is 4. The minimum atomic E-state index is -0.215. The maximum Gasteiger partial charge on any atom is 0.128 e. The molecule has 0 spiro atoms. The molecule has 2 aliphatic rings. The molecule has 3 rings (SSSR count). The highest BCUT2D eigenvalue weighted by molar-refractivity contribution is 5.71. The van der Waals surface area contributed by atoms with Crippen LogP contribution in [0.15, 0.2) is 29.4 Å². The summed E-state index contributed by atoms with van der Waals surface area (Å²) in [6.07, 6.45) is 9.47. The van der Waals surface area contributed by atoms with Crippen molar-refractivity contribution in [2.75, 3.05) is 0 Å². The van der Waals surface area contributed by atoms with Crippen LogP contribution >= 0.6 is 0 Å². The fourth-order valence-corrected chi connectivity index (χ4v) is 4.81. The molecule has 2 heteroatoms. The summed E-state index contributed by atoms with van der Waals surface area (Å²) in [6, 6.07) is 4.11. The molecule has 1 aliphatic heterocycles. The van der Waals surface area contributed by atoms with Crippen LogP contribution in [-0.2, 0) is 0 Å². The third kappa shape index (κ3) is 3.95. The number of hydrogen-bond donors (Lipinski definition) is 1. The molecule has 0 amide bonds. The van der Waals surface area contributed by atoms with Crippen LogP contribution in [0.2, 0.25) is 0 Å². The zero-order valence-electron chi connectivity index (χ0n) is 18.0. The van der Waals surface area contributed by atoms with E-state index in [1.54, 1.807) is 0 Å². The minimum Gasteiger partial charge on any atom is -0.507 e. The third-order valence-electron chi connectivity index (χ3n) is 6.70. The smallest absolute Gasteiger partial charge is 0.128 e. The molecule has 1 N–H and O–H groups in total. The fourth-order valence-electron chi connectivity index (χ4n) is 4.81. The van der Waals surface area contributed by atoms with Crippen LogP contribution in [0.5, 0.6) is 11.5 Å². The van der Waals surface area contributed by atoms with Crippen LogP contribution in [0.25, 0.3) is 5.57 Å². The van der Waals surface area contributed by atoms with E-state index in [4.69, 9.17) is 4.74 Å². The molecule has 1 aliphatic carbocycles. The van der Waals surface area contributed by atoms with Crippen LogP contribution in [0.1, 0.15) is 97.1 Å². The highest BCUT2D eigenvalue weighted by Crippen LogP contribution is 2.53. The SMILES string of the molecule is CCCCCC(C)=C(C)c1cc(O)c2c(c1)OC(C)(C)C1CCC(C)=CC21. The van der Waals surface area contributed by atoms with E-state index in [0.717, 1.165) is 36.1 Å². The van der Waals surface area contributed by atoms with Gasteiger partial charge in [-0.1, -0.05) is 37.0 Å². The van der Waals surface area contributed by atoms with Crippen LogP contribution < -0.4 is 4.74 Å². The summed E-state index contributed by atoms with van der Waals surface area (Å²) in [5, 5.41) is 10.9. The van der Waals surface area contributed by atoms with Gasteiger partial charge in [0.2, 0.25) is 0 Å². The second kappa shape index (κ2) is 7.73. The third-order valence-corrected chi connectivity index (χ3v) is 6.70. The Morgan fingerprint density at radius 3 is 2.67 bits per heavy atom. The van der Waals surface area contributed by atoms with Crippen LogP contribution in [-0.4, -0.2) is 10.7 Å². The number of aromatic hydroxyl groups is 1. The lowest BCUT2D eigenvalue weighted by Crippen LogP contribution is -2.45. The lowest BCUT2D eigenvalue weighted by Gasteiger charge is -2.46. The molecule has 0 saturated heterocycles. The summed E-state index contributed by atoms with van der Waals surface area (Å²) in [5.74, 6) is 1.92. The standard InChI is InChI=1S/C25H36O2/c1-7-8-9-10-17(3)18(4)19-14-22(26)24-20-13-16(2)11-12-21(20)25(5,6)27-23(24)15-19/h13-15,20-21,26H,7-12H2,1-6H3. The number of rotatable bonds is 5. The van der Waals surface area contributed by atoms with E-state index in [2.05, 4.69) is 53.7 Å². The van der Waals surface area contributed by atoms with E-state index in [0.29, 0.717) is 11.7 Å². The monoisotopic (exact) mass is 368 g/mol. The van der Waals surface area contributed by atoms with Crippen molar-refractivity contribution in [3.05, 3.63) is 40.5 Å². The molecule has 1 aromatic rings. The summed E-state index contributed by atoms with van der Waals surface area (Å²) in [4.78, 5) is 0. The Morgan fingerprint density at radius 1 is 1.22 bits per heavy atom. The van der Waals surface area contributed by atoms with Gasteiger partial charge in [-0.15, -0.1) is 0 Å². The second-order valence-electron chi connectivity index (χ2n) is 9.16. The van der Waals surface area contributed by atoms with Crippen LogP contribution in [0, 0.1) is 5.92 Å². The van der Waals surface area contributed by atoms with Crippen molar-refractivity contribution in [3.8, 4) is 11.5 Å². The number of fused-ring (bicyclic) bond motifs is 3. The Bertz CT molecular complexity index is 767. The largest absolute Gasteiger partial charge is 0.507 e. The van der Waals surface area contributed by atoms with Crippen molar-refractivity contribution in [2.24, 2.45) is 5.92 Å². The maximum atomic E-state index is 10.9. The van der Waals surface area contributed by atoms with Crippen molar-refractivity contribution in [3.63, 3.8) is 0 Å². The van der Waals surface area contributed by atoms with E-state index >= 15 is 0 Å². The topological polar surface area (TPSA) is 29.5 Å². The zero-order valence-corrected chi connectivity index (χ0v) is 18.0. The van der Waals surface area contributed by atoms with E-state index < -0.39 is 0 Å². The highest BCUT2D eigenvalue weighted by Gasteiger charge is 2.45. The molecule has 2 unspecified atom stereocenters. The fraction of sp³-hybridized carbons (Fsp3) is 0.600. The number of hydrogen-bond acceptors (Lipinski definition) is 2. The van der Waals surface area contributed by atoms with Gasteiger partial charge in [0.15, 0.2) is 0 Å². The number of unbranched alkanes of at least 4 members (excludes halogenated alkanes) is 2. The molecule has 27 heavy (non-hydrogen) atoms. The highest BCUT2D eigenvalue weighted by atomic mass is 16.5. The first-order chi connectivity index (χ1) is 12.7. The van der Waals surface area contributed by atoms with Gasteiger partial charge in [-0.05, 0) is 83.6 Å². The predicted molar refractivity (Wildman–Crippen MR) is 114 cm³/mol. The Kier molecular flexibility index (Phi) is 5.74. The summed E-state index contributed by atoms with van der Waals surface area (Å²) < 4.78 is 6.46. The van der Waals surface area contributed by atoms with Gasteiger partial charge in [0, 0.05) is 17.4 Å². The summed E-state index contributed by atoms with van der Waals surface area (Å²) >= 11 is 0. The summed E-state index contributed by atoms with van der Waals surface area (Å²) in [7, 11) is 0. The molecular weight excluding hydrogens is 332 g/mol. The Morgan fingerprint density at radius 2 is 1.96 bits per heavy atom. The molecule has 0 saturated carbocycles. The summed E-state index contributed by atoms with van der Waals surface area (Å²) in [5.41, 5.74) is 5.95. The molecule has 0 aromatic heterocycles. The Hall–Kier alpha value is -1.70. The quantitative estimate of drug-likeness (QED) is 0.434. The predicted octanol–water partition coefficient (Wildman–Crippen LogP) is 7.38. The molecule has 148 valence electrons. The van der Waals surface area contributed by atoms with Gasteiger partial charge in [0.25, 0.3) is 0 Å². The van der Waals surface area contributed by atoms with Crippen molar-refractivity contribution >= 4 is 5.57 Å². The molecule has 0 bridgehead atoms. The molecule has 1 aromatic carbocycles. The van der Waals surface area contributed by atoms with Gasteiger partial charge >= 0.3 is 0 Å².